The van der Waals surface area contributed by atoms with Crippen LogP contribution in [0.25, 0.3) is 11.5 Å². The summed E-state index contributed by atoms with van der Waals surface area (Å²) in [6.45, 7) is 1.84. The van der Waals surface area contributed by atoms with Gasteiger partial charge in [-0.25, -0.2) is 0 Å². The fourth-order valence-corrected chi connectivity index (χ4v) is 1.28. The fourth-order valence-electron chi connectivity index (χ4n) is 1.28. The van der Waals surface area contributed by atoms with Crippen LogP contribution in [0.15, 0.2) is 33.5 Å². The van der Waals surface area contributed by atoms with Crippen LogP contribution in [0.4, 0.5) is 5.69 Å². The Morgan fingerprint density at radius 3 is 2.71 bits per heavy atom. The van der Waals surface area contributed by atoms with Crippen LogP contribution in [-0.2, 0) is 0 Å². The van der Waals surface area contributed by atoms with Crippen LogP contribution in [0.5, 0.6) is 0 Å². The lowest BCUT2D eigenvalue weighted by molar-refractivity contribution is 0.546. The van der Waals surface area contributed by atoms with E-state index < -0.39 is 0 Å². The summed E-state index contributed by atoms with van der Waals surface area (Å²) in [5.74, 6) is 1.41. The first-order valence-electron chi connectivity index (χ1n) is 4.22. The number of pyridine rings is 1. The van der Waals surface area contributed by atoms with E-state index in [1.54, 1.807) is 12.1 Å². The zero-order chi connectivity index (χ0) is 10.1. The molecule has 14 heavy (non-hydrogen) atoms. The Labute approximate surface area is 80.4 Å². The predicted octanol–water partition coefficient (Wildman–Crippen LogP) is 1.53. The average molecular weight is 190 g/mol. The van der Waals surface area contributed by atoms with Gasteiger partial charge in [-0.2, -0.15) is 0 Å². The van der Waals surface area contributed by atoms with Crippen LogP contribution in [0.2, 0.25) is 0 Å². The maximum Gasteiger partial charge on any atom is 0.250 e. The molecule has 0 spiro atoms. The molecule has 2 aromatic heterocycles. The molecule has 0 aliphatic carbocycles. The number of hydrogen-bond acceptors (Lipinski definition) is 3. The van der Waals surface area contributed by atoms with Gasteiger partial charge < -0.3 is 15.1 Å². The molecule has 0 amide bonds. The van der Waals surface area contributed by atoms with Gasteiger partial charge in [-0.3, -0.25) is 4.79 Å². The molecule has 0 unspecified atom stereocenters. The molecule has 0 aliphatic heterocycles. The number of aromatic nitrogens is 1. The number of H-pyrrole nitrogens is 1. The van der Waals surface area contributed by atoms with E-state index in [2.05, 4.69) is 4.98 Å². The molecule has 3 N–H and O–H groups in total. The van der Waals surface area contributed by atoms with E-state index >= 15 is 0 Å². The standard InChI is InChI=1S/C10H10N2O2/c1-6-2-3-9(14-6)8-4-7(11)5-10(13)12-8/h2-5H,1H3,(H3,11,12,13). The summed E-state index contributed by atoms with van der Waals surface area (Å²) in [6.07, 6.45) is 0. The topological polar surface area (TPSA) is 72.0 Å². The van der Waals surface area contributed by atoms with Gasteiger partial charge in [-0.15, -0.1) is 0 Å². The maximum absolute atomic E-state index is 11.1. The summed E-state index contributed by atoms with van der Waals surface area (Å²) in [4.78, 5) is 13.8. The van der Waals surface area contributed by atoms with Gasteiger partial charge >= 0.3 is 0 Å². The highest BCUT2D eigenvalue weighted by Crippen LogP contribution is 2.19. The highest BCUT2D eigenvalue weighted by molar-refractivity contribution is 5.57. The zero-order valence-corrected chi connectivity index (χ0v) is 7.70. The molecule has 0 radical (unpaired) electrons. The van der Waals surface area contributed by atoms with Crippen molar-refractivity contribution in [2.75, 3.05) is 5.73 Å². The molecule has 0 atom stereocenters. The van der Waals surface area contributed by atoms with Crippen molar-refractivity contribution >= 4 is 5.69 Å². The van der Waals surface area contributed by atoms with E-state index in [0.717, 1.165) is 5.76 Å². The second kappa shape index (κ2) is 3.06. The number of nitrogen functional groups attached to an aromatic ring is 1. The first-order valence-corrected chi connectivity index (χ1v) is 4.22. The molecule has 0 aliphatic rings. The molecule has 4 nitrogen and oxygen atoms in total. The molecule has 0 bridgehead atoms. The number of nitrogens with one attached hydrogen (secondary N) is 1. The third-order valence-electron chi connectivity index (χ3n) is 1.87. The van der Waals surface area contributed by atoms with Crippen LogP contribution in [0.1, 0.15) is 5.76 Å². The zero-order valence-electron chi connectivity index (χ0n) is 7.70. The van der Waals surface area contributed by atoms with Crippen LogP contribution in [0, 0.1) is 6.92 Å². The summed E-state index contributed by atoms with van der Waals surface area (Å²) in [6, 6.07) is 6.62. The molecule has 72 valence electrons. The highest BCUT2D eigenvalue weighted by Gasteiger charge is 2.03. The first kappa shape index (κ1) is 8.62. The molecular weight excluding hydrogens is 180 g/mol. The Hall–Kier alpha value is -1.97. The Morgan fingerprint density at radius 1 is 1.36 bits per heavy atom. The number of anilines is 1. The lowest BCUT2D eigenvalue weighted by Crippen LogP contribution is -2.06. The van der Waals surface area contributed by atoms with E-state index in [0.29, 0.717) is 17.1 Å². The Bertz CT molecular complexity index is 511. The quantitative estimate of drug-likeness (QED) is 0.716. The predicted molar refractivity (Wildman–Crippen MR) is 53.9 cm³/mol. The van der Waals surface area contributed by atoms with Crippen molar-refractivity contribution in [2.24, 2.45) is 0 Å². The van der Waals surface area contributed by atoms with Crippen LogP contribution in [-0.4, -0.2) is 4.98 Å². The first-order chi connectivity index (χ1) is 6.65. The van der Waals surface area contributed by atoms with Gasteiger partial charge in [0.2, 0.25) is 0 Å². The van der Waals surface area contributed by atoms with Crippen LogP contribution < -0.4 is 11.3 Å². The number of aryl methyl sites for hydroxylation is 1. The van der Waals surface area contributed by atoms with Crippen molar-refractivity contribution in [1.29, 1.82) is 0 Å². The van der Waals surface area contributed by atoms with E-state index in [9.17, 15) is 4.79 Å². The summed E-state index contributed by atoms with van der Waals surface area (Å²) in [5, 5.41) is 0. The molecule has 2 aromatic rings. The van der Waals surface area contributed by atoms with E-state index in [-0.39, 0.29) is 5.56 Å². The summed E-state index contributed by atoms with van der Waals surface area (Å²) >= 11 is 0. The van der Waals surface area contributed by atoms with Crippen molar-refractivity contribution in [3.63, 3.8) is 0 Å². The lowest BCUT2D eigenvalue weighted by atomic mass is 10.2. The van der Waals surface area contributed by atoms with Crippen molar-refractivity contribution in [3.8, 4) is 11.5 Å². The minimum atomic E-state index is -0.228. The van der Waals surface area contributed by atoms with Crippen LogP contribution in [0.3, 0.4) is 0 Å². The van der Waals surface area contributed by atoms with Gasteiger partial charge in [0.1, 0.15) is 5.76 Å². The third kappa shape index (κ3) is 1.54. The summed E-state index contributed by atoms with van der Waals surface area (Å²) in [5.41, 5.74) is 6.34. The van der Waals surface area contributed by atoms with Crippen molar-refractivity contribution in [2.45, 2.75) is 6.92 Å². The van der Waals surface area contributed by atoms with Gasteiger partial charge in [0, 0.05) is 11.8 Å². The van der Waals surface area contributed by atoms with Gasteiger partial charge in [-0.05, 0) is 25.1 Å². The van der Waals surface area contributed by atoms with Crippen molar-refractivity contribution in [1.82, 2.24) is 4.98 Å². The average Bonchev–Trinajstić information content (AvgIpc) is 2.50. The summed E-state index contributed by atoms with van der Waals surface area (Å²) < 4.78 is 5.35. The minimum absolute atomic E-state index is 0.228. The van der Waals surface area contributed by atoms with Gasteiger partial charge in [-0.1, -0.05) is 0 Å². The monoisotopic (exact) mass is 190 g/mol. The molecule has 0 saturated carbocycles. The number of furan rings is 1. The second-order valence-corrected chi connectivity index (χ2v) is 3.10. The van der Waals surface area contributed by atoms with Crippen molar-refractivity contribution < 1.29 is 4.42 Å². The maximum atomic E-state index is 11.1. The SMILES string of the molecule is Cc1ccc(-c2cc(N)cc(=O)[nH]2)o1. The molecular formula is C10H10N2O2. The van der Waals surface area contributed by atoms with E-state index in [1.807, 2.05) is 13.0 Å². The largest absolute Gasteiger partial charge is 0.460 e. The smallest absolute Gasteiger partial charge is 0.250 e. The normalized spacial score (nSPS) is 10.4. The van der Waals surface area contributed by atoms with Gasteiger partial charge in [0.25, 0.3) is 5.56 Å². The molecule has 0 aromatic carbocycles. The molecule has 2 heterocycles. The third-order valence-corrected chi connectivity index (χ3v) is 1.87. The molecule has 0 saturated heterocycles. The summed E-state index contributed by atoms with van der Waals surface area (Å²) in [7, 11) is 0. The lowest BCUT2D eigenvalue weighted by Gasteiger charge is -1.97. The molecule has 0 fully saturated rings. The Balaban J connectivity index is 2.56. The van der Waals surface area contributed by atoms with E-state index in [4.69, 9.17) is 10.2 Å². The molecule has 2 rings (SSSR count). The van der Waals surface area contributed by atoms with Crippen LogP contribution >= 0.6 is 0 Å². The Morgan fingerprint density at radius 2 is 2.14 bits per heavy atom. The second-order valence-electron chi connectivity index (χ2n) is 3.10. The minimum Gasteiger partial charge on any atom is -0.460 e. The number of hydrogen-bond donors (Lipinski definition) is 2. The van der Waals surface area contributed by atoms with Crippen molar-refractivity contribution in [3.05, 3.63) is 40.4 Å². The number of rotatable bonds is 1. The number of nitrogens with two attached hydrogens (primary N) is 1. The van der Waals surface area contributed by atoms with Gasteiger partial charge in [0.05, 0.1) is 5.69 Å². The van der Waals surface area contributed by atoms with Gasteiger partial charge in [0.15, 0.2) is 5.76 Å². The molecule has 4 heteroatoms. The fraction of sp³-hybridized carbons (Fsp3) is 0.100. The highest BCUT2D eigenvalue weighted by atomic mass is 16.3. The number of aromatic amines is 1. The Kier molecular flexibility index (Phi) is 1.89. The van der Waals surface area contributed by atoms with E-state index in [1.165, 1.54) is 6.07 Å².